The predicted octanol–water partition coefficient (Wildman–Crippen LogP) is 4.13. The van der Waals surface area contributed by atoms with Gasteiger partial charge in [0, 0.05) is 42.0 Å². The number of anilines is 3. The van der Waals surface area contributed by atoms with E-state index in [1.54, 1.807) is 6.20 Å². The standard InChI is InChI=1S/C20H24F2N4O2/c1-10(2)5-6-26-12(4)17(27)11(3)14-9-23-20(25-19(14)26)24-13-7-15(21)18(28)16(22)8-13/h7-12,28H,5-6H2,1-4H3,(H,23,24,25). The fourth-order valence-corrected chi connectivity index (χ4v) is 3.29. The van der Waals surface area contributed by atoms with Crippen LogP contribution in [0.4, 0.5) is 26.2 Å². The lowest BCUT2D eigenvalue weighted by Crippen LogP contribution is -2.46. The zero-order valence-corrected chi connectivity index (χ0v) is 16.3. The molecule has 0 fully saturated rings. The first-order valence-corrected chi connectivity index (χ1v) is 9.31. The normalized spacial score (nSPS) is 19.1. The lowest BCUT2D eigenvalue weighted by molar-refractivity contribution is -0.121. The van der Waals surface area contributed by atoms with Gasteiger partial charge in [0.05, 0.1) is 6.04 Å². The van der Waals surface area contributed by atoms with E-state index in [4.69, 9.17) is 0 Å². The van der Waals surface area contributed by atoms with E-state index in [0.29, 0.717) is 18.3 Å². The lowest BCUT2D eigenvalue weighted by Gasteiger charge is -2.37. The van der Waals surface area contributed by atoms with E-state index in [2.05, 4.69) is 29.1 Å². The molecule has 1 aromatic heterocycles. The topological polar surface area (TPSA) is 78.3 Å². The second-order valence-corrected chi connectivity index (χ2v) is 7.56. The van der Waals surface area contributed by atoms with E-state index >= 15 is 0 Å². The third kappa shape index (κ3) is 3.76. The van der Waals surface area contributed by atoms with Crippen molar-refractivity contribution >= 4 is 23.2 Å². The molecular formula is C20H24F2N4O2. The fraction of sp³-hybridized carbons (Fsp3) is 0.450. The number of nitrogens with zero attached hydrogens (tertiary/aromatic N) is 3. The van der Waals surface area contributed by atoms with Crippen LogP contribution in [0, 0.1) is 17.6 Å². The number of aromatic hydroxyl groups is 1. The second kappa shape index (κ2) is 7.69. The molecule has 0 aliphatic carbocycles. The largest absolute Gasteiger partial charge is 0.503 e. The molecule has 2 N–H and O–H groups in total. The summed E-state index contributed by atoms with van der Waals surface area (Å²) in [6.45, 7) is 8.59. The molecule has 2 unspecified atom stereocenters. The van der Waals surface area contributed by atoms with Gasteiger partial charge in [-0.3, -0.25) is 4.79 Å². The van der Waals surface area contributed by atoms with Crippen LogP contribution in [0.3, 0.4) is 0 Å². The molecule has 1 aliphatic rings. The third-order valence-electron chi connectivity index (χ3n) is 5.06. The summed E-state index contributed by atoms with van der Waals surface area (Å²) in [5.41, 5.74) is 0.815. The van der Waals surface area contributed by atoms with E-state index in [-0.39, 0.29) is 29.4 Å². The lowest BCUT2D eigenvalue weighted by atomic mass is 9.88. The monoisotopic (exact) mass is 390 g/mol. The van der Waals surface area contributed by atoms with Crippen LogP contribution in [0.1, 0.15) is 45.6 Å². The van der Waals surface area contributed by atoms with Gasteiger partial charge in [0.2, 0.25) is 5.95 Å². The number of ketones is 1. The number of halogens is 2. The Labute approximate surface area is 162 Å². The van der Waals surface area contributed by atoms with Crippen molar-refractivity contribution in [3.8, 4) is 5.75 Å². The minimum Gasteiger partial charge on any atom is -0.503 e. The first-order valence-electron chi connectivity index (χ1n) is 9.31. The molecule has 2 aromatic rings. The Morgan fingerprint density at radius 2 is 1.89 bits per heavy atom. The maximum Gasteiger partial charge on any atom is 0.229 e. The molecular weight excluding hydrogens is 366 g/mol. The van der Waals surface area contributed by atoms with Gasteiger partial charge in [0.1, 0.15) is 5.82 Å². The number of phenols is 1. The molecule has 150 valence electrons. The van der Waals surface area contributed by atoms with E-state index in [9.17, 15) is 18.7 Å². The molecule has 3 rings (SSSR count). The summed E-state index contributed by atoms with van der Waals surface area (Å²) in [6.07, 6.45) is 2.47. The SMILES string of the molecule is CC(C)CCN1c2nc(Nc3cc(F)c(O)c(F)c3)ncc2C(C)C(=O)C1C. The summed E-state index contributed by atoms with van der Waals surface area (Å²) in [5, 5.41) is 12.0. The van der Waals surface area contributed by atoms with Gasteiger partial charge in [-0.15, -0.1) is 0 Å². The van der Waals surface area contributed by atoms with Gasteiger partial charge in [-0.05, 0) is 19.3 Å². The van der Waals surface area contributed by atoms with Crippen molar-refractivity contribution in [1.82, 2.24) is 9.97 Å². The number of carbonyl (C=O) groups excluding carboxylic acids is 1. The van der Waals surface area contributed by atoms with Crippen LogP contribution in [0.5, 0.6) is 5.75 Å². The summed E-state index contributed by atoms with van der Waals surface area (Å²) >= 11 is 0. The van der Waals surface area contributed by atoms with Gasteiger partial charge < -0.3 is 15.3 Å². The zero-order chi connectivity index (χ0) is 20.6. The molecule has 0 saturated carbocycles. The van der Waals surface area contributed by atoms with Crippen molar-refractivity contribution in [1.29, 1.82) is 0 Å². The number of phenolic OH excluding ortho intramolecular Hbond substituents is 1. The maximum absolute atomic E-state index is 13.6. The minimum absolute atomic E-state index is 0.0782. The summed E-state index contributed by atoms with van der Waals surface area (Å²) in [7, 11) is 0. The highest BCUT2D eigenvalue weighted by molar-refractivity contribution is 5.96. The zero-order valence-electron chi connectivity index (χ0n) is 16.3. The fourth-order valence-electron chi connectivity index (χ4n) is 3.29. The Morgan fingerprint density at radius 3 is 2.50 bits per heavy atom. The van der Waals surface area contributed by atoms with Crippen molar-refractivity contribution in [3.05, 3.63) is 35.5 Å². The van der Waals surface area contributed by atoms with Crippen LogP contribution < -0.4 is 10.2 Å². The summed E-state index contributed by atoms with van der Waals surface area (Å²) in [4.78, 5) is 23.3. The van der Waals surface area contributed by atoms with Crippen molar-refractivity contribution in [3.63, 3.8) is 0 Å². The number of Topliss-reactive ketones (excluding diaryl/α,β-unsaturated/α-hetero) is 1. The molecule has 1 aromatic carbocycles. The van der Waals surface area contributed by atoms with Crippen LogP contribution in [0.2, 0.25) is 0 Å². The van der Waals surface area contributed by atoms with Gasteiger partial charge in [-0.2, -0.15) is 4.98 Å². The summed E-state index contributed by atoms with van der Waals surface area (Å²) in [6, 6.07) is 1.62. The van der Waals surface area contributed by atoms with Crippen molar-refractivity contribution in [2.75, 3.05) is 16.8 Å². The molecule has 28 heavy (non-hydrogen) atoms. The Bertz CT molecular complexity index is 881. The molecule has 0 bridgehead atoms. The van der Waals surface area contributed by atoms with Gasteiger partial charge in [-0.1, -0.05) is 20.8 Å². The predicted molar refractivity (Wildman–Crippen MR) is 103 cm³/mol. The van der Waals surface area contributed by atoms with Gasteiger partial charge in [0.15, 0.2) is 23.2 Å². The Kier molecular flexibility index (Phi) is 5.49. The van der Waals surface area contributed by atoms with Crippen LogP contribution in [0.15, 0.2) is 18.3 Å². The molecule has 2 heterocycles. The molecule has 2 atom stereocenters. The van der Waals surface area contributed by atoms with Crippen LogP contribution >= 0.6 is 0 Å². The summed E-state index contributed by atoms with van der Waals surface area (Å²) in [5.74, 6) is -2.12. The number of benzene rings is 1. The van der Waals surface area contributed by atoms with Crippen molar-refractivity contribution in [2.45, 2.75) is 46.1 Å². The molecule has 8 heteroatoms. The van der Waals surface area contributed by atoms with Crippen molar-refractivity contribution in [2.24, 2.45) is 5.92 Å². The van der Waals surface area contributed by atoms with Crippen LogP contribution in [-0.2, 0) is 4.79 Å². The minimum atomic E-state index is -1.08. The van der Waals surface area contributed by atoms with Gasteiger partial charge in [0.25, 0.3) is 0 Å². The van der Waals surface area contributed by atoms with Gasteiger partial charge >= 0.3 is 0 Å². The smallest absolute Gasteiger partial charge is 0.229 e. The first kappa shape index (κ1) is 20.0. The molecule has 1 aliphatic heterocycles. The molecule has 0 radical (unpaired) electrons. The Morgan fingerprint density at radius 1 is 1.25 bits per heavy atom. The Balaban J connectivity index is 1.96. The number of nitrogens with one attached hydrogen (secondary N) is 1. The number of rotatable bonds is 5. The summed E-state index contributed by atoms with van der Waals surface area (Å²) < 4.78 is 27.2. The molecule has 6 nitrogen and oxygen atoms in total. The van der Waals surface area contributed by atoms with Crippen LogP contribution in [-0.4, -0.2) is 33.4 Å². The highest BCUT2D eigenvalue weighted by Crippen LogP contribution is 2.36. The van der Waals surface area contributed by atoms with Gasteiger partial charge in [-0.25, -0.2) is 13.8 Å². The number of aromatic nitrogens is 2. The van der Waals surface area contributed by atoms with E-state index in [0.717, 1.165) is 24.1 Å². The number of hydrogen-bond donors (Lipinski definition) is 2. The number of carbonyl (C=O) groups is 1. The van der Waals surface area contributed by atoms with E-state index in [1.807, 2.05) is 18.7 Å². The number of hydrogen-bond acceptors (Lipinski definition) is 6. The van der Waals surface area contributed by atoms with E-state index < -0.39 is 17.4 Å². The molecule has 0 spiro atoms. The third-order valence-corrected chi connectivity index (χ3v) is 5.06. The van der Waals surface area contributed by atoms with Crippen LogP contribution in [0.25, 0.3) is 0 Å². The molecule has 0 saturated heterocycles. The van der Waals surface area contributed by atoms with Crippen molar-refractivity contribution < 1.29 is 18.7 Å². The Hall–Kier alpha value is -2.77. The quantitative estimate of drug-likeness (QED) is 0.748. The number of fused-ring (bicyclic) bond motifs is 1. The average Bonchev–Trinajstić information content (AvgIpc) is 2.64. The highest BCUT2D eigenvalue weighted by Gasteiger charge is 2.36. The first-order chi connectivity index (χ1) is 13.2. The average molecular weight is 390 g/mol. The molecule has 0 amide bonds. The second-order valence-electron chi connectivity index (χ2n) is 7.56. The highest BCUT2D eigenvalue weighted by atomic mass is 19.1. The maximum atomic E-state index is 13.6. The van der Waals surface area contributed by atoms with E-state index in [1.165, 1.54) is 0 Å².